The summed E-state index contributed by atoms with van der Waals surface area (Å²) in [4.78, 5) is 3.10. The lowest BCUT2D eigenvalue weighted by atomic mass is 9.82. The van der Waals surface area contributed by atoms with E-state index in [9.17, 15) is 8.42 Å². The molecule has 4 fully saturated rings. The van der Waals surface area contributed by atoms with Crippen molar-refractivity contribution in [1.82, 2.24) is 0 Å². The SMILES string of the molecule is [C-]#[N+]C(CCC1CC2CCCCC2C1)(CCC1CC2CCCCC2C1)S(=O)(=O)c1ccc(C)cc1. The molecular weight excluding hydrogens is 450 g/mol. The fourth-order valence-corrected chi connectivity index (χ4v) is 10.4. The molecule has 1 aromatic carbocycles. The fraction of sp³-hybridized carbons (Fsp3) is 0.774. The van der Waals surface area contributed by atoms with Crippen LogP contribution in [-0.2, 0) is 9.84 Å². The molecule has 0 bridgehead atoms. The minimum absolute atomic E-state index is 0.347. The maximum absolute atomic E-state index is 14.1. The predicted octanol–water partition coefficient (Wildman–Crippen LogP) is 8.38. The highest BCUT2D eigenvalue weighted by Crippen LogP contribution is 2.50. The van der Waals surface area contributed by atoms with Gasteiger partial charge in [-0.1, -0.05) is 69.1 Å². The maximum atomic E-state index is 14.1. The van der Waals surface area contributed by atoms with Crippen LogP contribution in [0.4, 0.5) is 0 Å². The van der Waals surface area contributed by atoms with Crippen LogP contribution in [0.25, 0.3) is 4.85 Å². The first-order valence-corrected chi connectivity index (χ1v) is 16.1. The van der Waals surface area contributed by atoms with Gasteiger partial charge in [-0.25, -0.2) is 15.0 Å². The van der Waals surface area contributed by atoms with E-state index in [2.05, 4.69) is 4.85 Å². The van der Waals surface area contributed by atoms with Gasteiger partial charge in [-0.05, 0) is 93.1 Å². The first-order valence-electron chi connectivity index (χ1n) is 14.6. The Morgan fingerprint density at radius 3 is 1.54 bits per heavy atom. The van der Waals surface area contributed by atoms with Gasteiger partial charge < -0.3 is 0 Å². The Bertz CT molecular complexity index is 943. The summed E-state index contributed by atoms with van der Waals surface area (Å²) in [5.74, 6) is 4.62. The minimum atomic E-state index is -3.72. The first-order chi connectivity index (χ1) is 16.9. The standard InChI is InChI=1S/C31H45NO2S/c1-23-11-13-30(14-12-23)35(33,34)31(32-2,17-15-24-19-26-7-3-4-8-27(26)20-24)18-16-25-21-28-9-5-6-10-29(28)22-25/h11-14,24-29H,3-10,15-22H2,1H3. The van der Waals surface area contributed by atoms with Crippen molar-refractivity contribution in [2.24, 2.45) is 35.5 Å². The summed E-state index contributed by atoms with van der Waals surface area (Å²) in [5.41, 5.74) is 1.06. The molecule has 0 saturated heterocycles. The van der Waals surface area contributed by atoms with Crippen LogP contribution >= 0.6 is 0 Å². The zero-order valence-electron chi connectivity index (χ0n) is 21.8. The molecule has 0 heterocycles. The first kappa shape index (κ1) is 25.3. The predicted molar refractivity (Wildman–Crippen MR) is 143 cm³/mol. The van der Waals surface area contributed by atoms with Crippen LogP contribution < -0.4 is 0 Å². The van der Waals surface area contributed by atoms with Gasteiger partial charge in [0.2, 0.25) is 0 Å². The van der Waals surface area contributed by atoms with Gasteiger partial charge in [-0.2, -0.15) is 0 Å². The van der Waals surface area contributed by atoms with Crippen LogP contribution in [0.1, 0.15) is 108 Å². The highest BCUT2D eigenvalue weighted by Gasteiger charge is 2.52. The Balaban J connectivity index is 1.33. The molecule has 35 heavy (non-hydrogen) atoms. The van der Waals surface area contributed by atoms with E-state index < -0.39 is 14.7 Å². The van der Waals surface area contributed by atoms with Gasteiger partial charge in [0.25, 0.3) is 9.84 Å². The molecule has 0 N–H and O–H groups in total. The van der Waals surface area contributed by atoms with Crippen LogP contribution in [-0.4, -0.2) is 13.3 Å². The Kier molecular flexibility index (Phi) is 7.64. The monoisotopic (exact) mass is 495 g/mol. The van der Waals surface area contributed by atoms with E-state index in [0.717, 1.165) is 42.1 Å². The Morgan fingerprint density at radius 1 is 0.771 bits per heavy atom. The molecular formula is C31H45NO2S. The number of fused-ring (bicyclic) bond motifs is 2. The number of benzene rings is 1. The van der Waals surface area contributed by atoms with Gasteiger partial charge in [0.1, 0.15) is 0 Å². The minimum Gasteiger partial charge on any atom is -0.293 e. The van der Waals surface area contributed by atoms with Crippen molar-refractivity contribution >= 4 is 9.84 Å². The van der Waals surface area contributed by atoms with E-state index >= 15 is 0 Å². The second kappa shape index (κ2) is 10.6. The molecule has 4 atom stereocenters. The van der Waals surface area contributed by atoms with Crippen molar-refractivity contribution in [1.29, 1.82) is 0 Å². The lowest BCUT2D eigenvalue weighted by molar-refractivity contribution is 0.277. The third-order valence-electron chi connectivity index (χ3n) is 10.6. The van der Waals surface area contributed by atoms with Gasteiger partial charge in [0.15, 0.2) is 0 Å². The summed E-state index contributed by atoms with van der Waals surface area (Å²) < 4.78 is 28.2. The maximum Gasteiger partial charge on any atom is 0.333 e. The smallest absolute Gasteiger partial charge is 0.293 e. The van der Waals surface area contributed by atoms with E-state index in [-0.39, 0.29) is 0 Å². The van der Waals surface area contributed by atoms with Crippen molar-refractivity contribution in [3.05, 3.63) is 41.2 Å². The molecule has 0 spiro atoms. The summed E-state index contributed by atoms with van der Waals surface area (Å²) in [7, 11) is -3.72. The van der Waals surface area contributed by atoms with Crippen LogP contribution in [0, 0.1) is 49.0 Å². The highest BCUT2D eigenvalue weighted by molar-refractivity contribution is 7.93. The van der Waals surface area contributed by atoms with Gasteiger partial charge in [-0.15, -0.1) is 0 Å². The van der Waals surface area contributed by atoms with E-state index in [1.54, 1.807) is 12.1 Å². The van der Waals surface area contributed by atoms with E-state index in [1.165, 1.54) is 77.0 Å². The van der Waals surface area contributed by atoms with Crippen molar-refractivity contribution in [2.45, 2.75) is 119 Å². The van der Waals surface area contributed by atoms with Crippen molar-refractivity contribution in [3.8, 4) is 0 Å². The summed E-state index contributed by atoms with van der Waals surface area (Å²) in [6.45, 7) is 10.3. The van der Waals surface area contributed by atoms with Crippen LogP contribution in [0.3, 0.4) is 0 Å². The molecule has 1 aromatic rings. The number of hydrogen-bond donors (Lipinski definition) is 0. The molecule has 4 saturated carbocycles. The molecule has 192 valence electrons. The molecule has 0 radical (unpaired) electrons. The van der Waals surface area contributed by atoms with Crippen molar-refractivity contribution in [3.63, 3.8) is 0 Å². The van der Waals surface area contributed by atoms with Gasteiger partial charge in [-0.3, -0.25) is 4.85 Å². The molecule has 0 amide bonds. The second-order valence-corrected chi connectivity index (χ2v) is 15.0. The molecule has 4 unspecified atom stereocenters. The molecule has 4 aliphatic rings. The number of nitrogens with zero attached hydrogens (tertiary/aromatic N) is 1. The third-order valence-corrected chi connectivity index (χ3v) is 13.0. The fourth-order valence-electron chi connectivity index (χ4n) is 8.55. The van der Waals surface area contributed by atoms with Crippen LogP contribution in [0.2, 0.25) is 0 Å². The molecule has 4 heteroatoms. The second-order valence-electron chi connectivity index (χ2n) is 12.7. The lowest BCUT2D eigenvalue weighted by Gasteiger charge is -2.25. The summed E-state index contributed by atoms with van der Waals surface area (Å²) in [5, 5.41) is 0. The number of sulfone groups is 1. The quantitative estimate of drug-likeness (QED) is 0.340. The lowest BCUT2D eigenvalue weighted by Crippen LogP contribution is -2.36. The molecule has 5 rings (SSSR count). The zero-order chi connectivity index (χ0) is 24.5. The highest BCUT2D eigenvalue weighted by atomic mass is 32.2. The van der Waals surface area contributed by atoms with Gasteiger partial charge in [0, 0.05) is 12.8 Å². The normalized spacial score (nSPS) is 34.5. The largest absolute Gasteiger partial charge is 0.333 e. The Labute approximate surface area is 214 Å². The van der Waals surface area contributed by atoms with Crippen LogP contribution in [0.15, 0.2) is 29.2 Å². The van der Waals surface area contributed by atoms with Crippen molar-refractivity contribution in [2.75, 3.05) is 0 Å². The Morgan fingerprint density at radius 2 is 1.17 bits per heavy atom. The summed E-state index contributed by atoms with van der Waals surface area (Å²) in [6.07, 6.45) is 18.8. The van der Waals surface area contributed by atoms with E-state index in [4.69, 9.17) is 6.57 Å². The molecule has 0 aromatic heterocycles. The molecule has 0 aliphatic heterocycles. The van der Waals surface area contributed by atoms with E-state index in [1.807, 2.05) is 19.1 Å². The van der Waals surface area contributed by atoms with E-state index in [0.29, 0.717) is 29.6 Å². The molecule has 4 aliphatic carbocycles. The zero-order valence-corrected chi connectivity index (χ0v) is 22.6. The summed E-state index contributed by atoms with van der Waals surface area (Å²) in [6, 6.07) is 7.23. The number of rotatable bonds is 8. The van der Waals surface area contributed by atoms with Gasteiger partial charge in [0.05, 0.1) is 4.90 Å². The average Bonchev–Trinajstić information content (AvgIpc) is 3.48. The number of hydrogen-bond acceptors (Lipinski definition) is 2. The third kappa shape index (κ3) is 5.22. The van der Waals surface area contributed by atoms with Gasteiger partial charge >= 0.3 is 4.87 Å². The Hall–Kier alpha value is -1.34. The van der Waals surface area contributed by atoms with Crippen molar-refractivity contribution < 1.29 is 8.42 Å². The average molecular weight is 496 g/mol. The van der Waals surface area contributed by atoms with Crippen LogP contribution in [0.5, 0.6) is 0 Å². The molecule has 3 nitrogen and oxygen atoms in total. The topological polar surface area (TPSA) is 38.5 Å². The summed E-state index contributed by atoms with van der Waals surface area (Å²) >= 11 is 0. The number of aryl methyl sites for hydroxylation is 1.